The molecule has 0 radical (unpaired) electrons. The van der Waals surface area contributed by atoms with Crippen molar-refractivity contribution in [3.8, 4) is 5.75 Å². The Balaban J connectivity index is 2.00. The van der Waals surface area contributed by atoms with Gasteiger partial charge in [0.2, 0.25) is 10.0 Å². The molecule has 0 aliphatic carbocycles. The summed E-state index contributed by atoms with van der Waals surface area (Å²) in [6.07, 6.45) is 6.39. The molecule has 0 saturated heterocycles. The van der Waals surface area contributed by atoms with Gasteiger partial charge in [-0.05, 0) is 25.1 Å². The standard InChI is InChI=1S/C16H21N5O4S/c1-11(8-13-10-17-6-7-18-13)19-16(22)20-12-4-5-15(25-2)14(9-12)21-26(3,23)24/h4-7,9-11,21H,8H2,1-3H3,(H2,19,20,22). The molecule has 0 fully saturated rings. The van der Waals surface area contributed by atoms with Crippen LogP contribution in [0.5, 0.6) is 5.75 Å². The number of urea groups is 1. The first-order valence-corrected chi connectivity index (χ1v) is 9.64. The number of hydrogen-bond acceptors (Lipinski definition) is 6. The van der Waals surface area contributed by atoms with Gasteiger partial charge >= 0.3 is 6.03 Å². The van der Waals surface area contributed by atoms with Crippen LogP contribution in [-0.2, 0) is 16.4 Å². The zero-order valence-electron chi connectivity index (χ0n) is 14.7. The highest BCUT2D eigenvalue weighted by Crippen LogP contribution is 2.28. The molecule has 0 bridgehead atoms. The van der Waals surface area contributed by atoms with E-state index in [-0.39, 0.29) is 11.7 Å². The van der Waals surface area contributed by atoms with Crippen LogP contribution in [-0.4, -0.2) is 43.8 Å². The number of sulfonamides is 1. The van der Waals surface area contributed by atoms with Gasteiger partial charge in [0, 0.05) is 36.7 Å². The van der Waals surface area contributed by atoms with E-state index < -0.39 is 16.1 Å². The molecule has 1 aromatic carbocycles. The Hall–Kier alpha value is -2.88. The van der Waals surface area contributed by atoms with Crippen LogP contribution in [0.1, 0.15) is 12.6 Å². The van der Waals surface area contributed by atoms with E-state index in [0.29, 0.717) is 17.9 Å². The second-order valence-corrected chi connectivity index (χ2v) is 7.44. The Morgan fingerprint density at radius 1 is 1.31 bits per heavy atom. The van der Waals surface area contributed by atoms with Crippen molar-refractivity contribution >= 4 is 27.4 Å². The summed E-state index contributed by atoms with van der Waals surface area (Å²) in [6.45, 7) is 1.85. The molecule has 2 rings (SSSR count). The first-order chi connectivity index (χ1) is 12.3. The van der Waals surface area contributed by atoms with Crippen molar-refractivity contribution in [2.24, 2.45) is 0 Å². The third-order valence-corrected chi connectivity index (χ3v) is 3.85. The van der Waals surface area contributed by atoms with Crippen molar-refractivity contribution in [1.82, 2.24) is 15.3 Å². The lowest BCUT2D eigenvalue weighted by Gasteiger charge is -2.15. The molecule has 2 aromatic rings. The summed E-state index contributed by atoms with van der Waals surface area (Å²) in [5, 5.41) is 5.45. The second kappa shape index (κ2) is 8.48. The highest BCUT2D eigenvalue weighted by molar-refractivity contribution is 7.92. The van der Waals surface area contributed by atoms with Crippen molar-refractivity contribution < 1.29 is 17.9 Å². The van der Waals surface area contributed by atoms with Crippen molar-refractivity contribution in [2.75, 3.05) is 23.4 Å². The fourth-order valence-electron chi connectivity index (χ4n) is 2.26. The first-order valence-electron chi connectivity index (χ1n) is 7.75. The van der Waals surface area contributed by atoms with Crippen LogP contribution in [0, 0.1) is 0 Å². The number of aromatic nitrogens is 2. The van der Waals surface area contributed by atoms with E-state index >= 15 is 0 Å². The van der Waals surface area contributed by atoms with Gasteiger partial charge in [-0.25, -0.2) is 13.2 Å². The maximum atomic E-state index is 12.1. The summed E-state index contributed by atoms with van der Waals surface area (Å²) in [7, 11) is -2.05. The zero-order valence-corrected chi connectivity index (χ0v) is 15.5. The lowest BCUT2D eigenvalue weighted by atomic mass is 10.2. The average molecular weight is 379 g/mol. The molecule has 1 aromatic heterocycles. The fraction of sp³-hybridized carbons (Fsp3) is 0.312. The molecule has 0 spiro atoms. The topological polar surface area (TPSA) is 122 Å². The predicted octanol–water partition coefficient (Wildman–Crippen LogP) is 1.61. The molecule has 140 valence electrons. The second-order valence-electron chi connectivity index (χ2n) is 5.69. The van der Waals surface area contributed by atoms with Gasteiger partial charge in [0.05, 0.1) is 24.7 Å². The molecule has 0 saturated carbocycles. The number of ether oxygens (including phenoxy) is 1. The van der Waals surface area contributed by atoms with E-state index in [2.05, 4.69) is 25.3 Å². The molecule has 0 aliphatic heterocycles. The van der Waals surface area contributed by atoms with Gasteiger partial charge in [0.15, 0.2) is 0 Å². The highest BCUT2D eigenvalue weighted by atomic mass is 32.2. The van der Waals surface area contributed by atoms with E-state index in [0.717, 1.165) is 11.9 Å². The van der Waals surface area contributed by atoms with Crippen LogP contribution in [0.4, 0.5) is 16.2 Å². The number of nitrogens with zero attached hydrogens (tertiary/aromatic N) is 2. The fourth-order valence-corrected chi connectivity index (χ4v) is 2.82. The quantitative estimate of drug-likeness (QED) is 0.672. The molecule has 0 aliphatic rings. The van der Waals surface area contributed by atoms with Crippen LogP contribution in [0.15, 0.2) is 36.8 Å². The van der Waals surface area contributed by atoms with E-state index in [1.165, 1.54) is 13.2 Å². The van der Waals surface area contributed by atoms with Crippen molar-refractivity contribution in [3.63, 3.8) is 0 Å². The van der Waals surface area contributed by atoms with E-state index in [1.54, 1.807) is 30.7 Å². The zero-order chi connectivity index (χ0) is 19.2. The van der Waals surface area contributed by atoms with Gasteiger partial charge in [-0.15, -0.1) is 0 Å². The summed E-state index contributed by atoms with van der Waals surface area (Å²) in [4.78, 5) is 20.3. The number of carbonyl (C=O) groups excluding carboxylic acids is 1. The lowest BCUT2D eigenvalue weighted by molar-refractivity contribution is 0.249. The van der Waals surface area contributed by atoms with Crippen molar-refractivity contribution in [1.29, 1.82) is 0 Å². The predicted molar refractivity (Wildman–Crippen MR) is 98.8 cm³/mol. The number of benzene rings is 1. The summed E-state index contributed by atoms with van der Waals surface area (Å²) in [6, 6.07) is 4.06. The van der Waals surface area contributed by atoms with Gasteiger partial charge in [-0.3, -0.25) is 14.7 Å². The summed E-state index contributed by atoms with van der Waals surface area (Å²) in [5.41, 5.74) is 1.42. The maximum Gasteiger partial charge on any atom is 0.319 e. The van der Waals surface area contributed by atoms with Crippen LogP contribution in [0.2, 0.25) is 0 Å². The smallest absolute Gasteiger partial charge is 0.319 e. The number of amides is 2. The minimum Gasteiger partial charge on any atom is -0.495 e. The van der Waals surface area contributed by atoms with E-state index in [4.69, 9.17) is 4.74 Å². The molecule has 3 N–H and O–H groups in total. The molecule has 1 heterocycles. The average Bonchev–Trinajstić information content (AvgIpc) is 2.54. The third-order valence-electron chi connectivity index (χ3n) is 3.26. The molecule has 1 unspecified atom stereocenters. The number of methoxy groups -OCH3 is 1. The monoisotopic (exact) mass is 379 g/mol. The summed E-state index contributed by atoms with van der Waals surface area (Å²) >= 11 is 0. The van der Waals surface area contributed by atoms with Gasteiger partial charge in [-0.1, -0.05) is 0 Å². The van der Waals surface area contributed by atoms with Gasteiger partial charge in [0.1, 0.15) is 5.75 Å². The van der Waals surface area contributed by atoms with Crippen molar-refractivity contribution in [3.05, 3.63) is 42.5 Å². The number of rotatable bonds is 7. The van der Waals surface area contributed by atoms with Crippen LogP contribution in [0.3, 0.4) is 0 Å². The van der Waals surface area contributed by atoms with Crippen LogP contribution < -0.4 is 20.1 Å². The molecule has 2 amide bonds. The van der Waals surface area contributed by atoms with E-state index in [1.807, 2.05) is 6.92 Å². The minimum atomic E-state index is -3.48. The van der Waals surface area contributed by atoms with Crippen LogP contribution in [0.25, 0.3) is 0 Å². The largest absolute Gasteiger partial charge is 0.495 e. The molecular weight excluding hydrogens is 358 g/mol. The normalized spacial score (nSPS) is 12.1. The van der Waals surface area contributed by atoms with Crippen LogP contribution >= 0.6 is 0 Å². The molecule has 9 nitrogen and oxygen atoms in total. The molecular formula is C16H21N5O4S. The molecule has 1 atom stereocenters. The molecule has 10 heteroatoms. The molecule has 26 heavy (non-hydrogen) atoms. The Morgan fingerprint density at radius 2 is 2.08 bits per heavy atom. The minimum absolute atomic E-state index is 0.168. The van der Waals surface area contributed by atoms with Gasteiger partial charge in [-0.2, -0.15) is 0 Å². The number of carbonyl (C=O) groups is 1. The Kier molecular flexibility index (Phi) is 6.34. The van der Waals surface area contributed by atoms with Gasteiger partial charge in [0.25, 0.3) is 0 Å². The maximum absolute atomic E-state index is 12.1. The summed E-state index contributed by atoms with van der Waals surface area (Å²) < 4.78 is 30.4. The Morgan fingerprint density at radius 3 is 2.69 bits per heavy atom. The highest BCUT2D eigenvalue weighted by Gasteiger charge is 2.12. The Labute approximate surface area is 152 Å². The first kappa shape index (κ1) is 19.4. The Bertz CT molecular complexity index is 858. The third kappa shape index (κ3) is 6.20. The summed E-state index contributed by atoms with van der Waals surface area (Å²) in [5.74, 6) is 0.345. The number of nitrogens with one attached hydrogen (secondary N) is 3. The SMILES string of the molecule is COc1ccc(NC(=O)NC(C)Cc2cnccn2)cc1NS(C)(=O)=O. The van der Waals surface area contributed by atoms with E-state index in [9.17, 15) is 13.2 Å². The number of hydrogen-bond donors (Lipinski definition) is 3. The van der Waals surface area contributed by atoms with Gasteiger partial charge < -0.3 is 15.4 Å². The number of anilines is 2. The van der Waals surface area contributed by atoms with Crippen molar-refractivity contribution in [2.45, 2.75) is 19.4 Å². The lowest BCUT2D eigenvalue weighted by Crippen LogP contribution is -2.37.